The first-order valence-electron chi connectivity index (χ1n) is 10.3. The number of nitro benzene ring substituents is 1. The van der Waals surface area contributed by atoms with Crippen LogP contribution in [-0.2, 0) is 0 Å². The maximum atomic E-state index is 13.4. The number of hydrogen-bond donors (Lipinski definition) is 1. The quantitative estimate of drug-likeness (QED) is 0.374. The van der Waals surface area contributed by atoms with E-state index in [2.05, 4.69) is 15.5 Å². The molecule has 2 aromatic heterocycles. The number of nitro groups is 1. The third kappa shape index (κ3) is 3.53. The molecule has 9 heteroatoms. The Labute approximate surface area is 183 Å². The number of fused-ring (bicyclic) bond motifs is 1. The van der Waals surface area contributed by atoms with Gasteiger partial charge in [0.2, 0.25) is 0 Å². The minimum absolute atomic E-state index is 0.150. The van der Waals surface area contributed by atoms with Crippen LogP contribution in [0.15, 0.2) is 72.9 Å². The molecule has 1 saturated heterocycles. The average molecular weight is 428 g/mol. The molecular formula is C23H20N6O3. The number of anilines is 2. The van der Waals surface area contributed by atoms with Crippen molar-refractivity contribution >= 4 is 28.6 Å². The molecule has 0 radical (unpaired) electrons. The van der Waals surface area contributed by atoms with Crippen molar-refractivity contribution < 1.29 is 9.72 Å². The Morgan fingerprint density at radius 1 is 1.06 bits per heavy atom. The first-order chi connectivity index (χ1) is 15.6. The van der Waals surface area contributed by atoms with Crippen molar-refractivity contribution in [3.63, 3.8) is 0 Å². The van der Waals surface area contributed by atoms with Gasteiger partial charge in [-0.1, -0.05) is 24.3 Å². The number of nitrogens with one attached hydrogen (secondary N) is 1. The molecule has 0 saturated carbocycles. The SMILES string of the molecule is O=C(c1ccc(Nc2ccccc2)c([N+](=O)[O-])c1)N1CCCC1c1nnc2ccccn12. The highest BCUT2D eigenvalue weighted by molar-refractivity contribution is 5.96. The number of hydrogen-bond acceptors (Lipinski definition) is 6. The molecule has 0 spiro atoms. The first kappa shape index (κ1) is 19.7. The Hall–Kier alpha value is -4.27. The molecule has 2 aromatic carbocycles. The van der Waals surface area contributed by atoms with E-state index in [4.69, 9.17) is 0 Å². The van der Waals surface area contributed by atoms with Crippen LogP contribution in [0, 0.1) is 10.1 Å². The molecule has 1 unspecified atom stereocenters. The van der Waals surface area contributed by atoms with Gasteiger partial charge in [-0.3, -0.25) is 19.3 Å². The molecule has 1 aliphatic heterocycles. The third-order valence-electron chi connectivity index (χ3n) is 5.65. The second-order valence-electron chi connectivity index (χ2n) is 7.62. The number of benzene rings is 2. The minimum atomic E-state index is -0.477. The minimum Gasteiger partial charge on any atom is -0.350 e. The summed E-state index contributed by atoms with van der Waals surface area (Å²) >= 11 is 0. The average Bonchev–Trinajstić information content (AvgIpc) is 3.46. The van der Waals surface area contributed by atoms with Crippen LogP contribution in [0.2, 0.25) is 0 Å². The fourth-order valence-corrected chi connectivity index (χ4v) is 4.13. The topological polar surface area (TPSA) is 106 Å². The summed E-state index contributed by atoms with van der Waals surface area (Å²) in [5, 5.41) is 23.3. The van der Waals surface area contributed by atoms with E-state index in [-0.39, 0.29) is 23.2 Å². The van der Waals surface area contributed by atoms with Crippen molar-refractivity contribution in [2.75, 3.05) is 11.9 Å². The summed E-state index contributed by atoms with van der Waals surface area (Å²) in [5.41, 5.74) is 1.90. The van der Waals surface area contributed by atoms with Gasteiger partial charge in [0.05, 0.1) is 11.0 Å². The van der Waals surface area contributed by atoms with Crippen LogP contribution in [0.5, 0.6) is 0 Å². The van der Waals surface area contributed by atoms with Crippen molar-refractivity contribution in [3.8, 4) is 0 Å². The van der Waals surface area contributed by atoms with Crippen molar-refractivity contribution in [2.45, 2.75) is 18.9 Å². The zero-order chi connectivity index (χ0) is 22.1. The van der Waals surface area contributed by atoms with E-state index < -0.39 is 4.92 Å². The predicted molar refractivity (Wildman–Crippen MR) is 119 cm³/mol. The molecule has 0 bridgehead atoms. The van der Waals surface area contributed by atoms with E-state index in [0.29, 0.717) is 23.7 Å². The largest absolute Gasteiger partial charge is 0.350 e. The molecular weight excluding hydrogens is 408 g/mol. The number of pyridine rings is 1. The van der Waals surface area contributed by atoms with Crippen LogP contribution in [-0.4, -0.2) is 36.9 Å². The van der Waals surface area contributed by atoms with E-state index in [0.717, 1.165) is 18.5 Å². The summed E-state index contributed by atoms with van der Waals surface area (Å²) < 4.78 is 1.88. The zero-order valence-corrected chi connectivity index (χ0v) is 17.1. The molecule has 5 rings (SSSR count). The van der Waals surface area contributed by atoms with Gasteiger partial charge >= 0.3 is 0 Å². The Balaban J connectivity index is 1.45. The van der Waals surface area contributed by atoms with Gasteiger partial charge in [-0.25, -0.2) is 0 Å². The summed E-state index contributed by atoms with van der Waals surface area (Å²) in [6.07, 6.45) is 3.46. The molecule has 32 heavy (non-hydrogen) atoms. The summed E-state index contributed by atoms with van der Waals surface area (Å²) in [4.78, 5) is 26.3. The number of rotatable bonds is 5. The van der Waals surface area contributed by atoms with Crippen molar-refractivity contribution in [1.29, 1.82) is 0 Å². The number of amides is 1. The van der Waals surface area contributed by atoms with E-state index in [1.54, 1.807) is 17.0 Å². The lowest BCUT2D eigenvalue weighted by atomic mass is 10.1. The van der Waals surface area contributed by atoms with Crippen LogP contribution in [0.25, 0.3) is 5.65 Å². The van der Waals surface area contributed by atoms with E-state index in [1.165, 1.54) is 6.07 Å². The lowest BCUT2D eigenvalue weighted by Gasteiger charge is -2.23. The van der Waals surface area contributed by atoms with E-state index >= 15 is 0 Å². The Morgan fingerprint density at radius 3 is 2.69 bits per heavy atom. The predicted octanol–water partition coefficient (Wildman–Crippen LogP) is 4.36. The van der Waals surface area contributed by atoms with Gasteiger partial charge in [0.1, 0.15) is 5.69 Å². The monoisotopic (exact) mass is 428 g/mol. The maximum Gasteiger partial charge on any atom is 0.293 e. The van der Waals surface area contributed by atoms with Crippen LogP contribution < -0.4 is 5.32 Å². The highest BCUT2D eigenvalue weighted by Gasteiger charge is 2.34. The maximum absolute atomic E-state index is 13.4. The zero-order valence-electron chi connectivity index (χ0n) is 17.1. The van der Waals surface area contributed by atoms with Gasteiger partial charge in [0, 0.05) is 30.1 Å². The fourth-order valence-electron chi connectivity index (χ4n) is 4.13. The fraction of sp³-hybridized carbons (Fsp3) is 0.174. The van der Waals surface area contributed by atoms with E-state index in [1.807, 2.05) is 59.1 Å². The molecule has 1 aliphatic rings. The normalized spacial score (nSPS) is 15.8. The highest BCUT2D eigenvalue weighted by atomic mass is 16.6. The van der Waals surface area contributed by atoms with Gasteiger partial charge in [-0.15, -0.1) is 10.2 Å². The standard InChI is InChI=1S/C23H20N6O3/c30-23(27-14-6-9-19(27)22-26-25-21-10-4-5-13-28(21)22)16-11-12-18(20(15-16)29(31)32)24-17-7-2-1-3-8-17/h1-5,7-8,10-13,15,19,24H,6,9,14H2. The van der Waals surface area contributed by atoms with Crippen LogP contribution in [0.3, 0.4) is 0 Å². The van der Waals surface area contributed by atoms with Crippen LogP contribution in [0.4, 0.5) is 17.1 Å². The van der Waals surface area contributed by atoms with Gasteiger partial charge in [-0.05, 0) is 49.2 Å². The van der Waals surface area contributed by atoms with Crippen molar-refractivity contribution in [1.82, 2.24) is 19.5 Å². The number of carbonyl (C=O) groups excluding carboxylic acids is 1. The van der Waals surface area contributed by atoms with Crippen LogP contribution in [0.1, 0.15) is 35.1 Å². The van der Waals surface area contributed by atoms with Gasteiger partial charge < -0.3 is 10.2 Å². The van der Waals surface area contributed by atoms with Gasteiger partial charge in [0.25, 0.3) is 11.6 Å². The summed E-state index contributed by atoms with van der Waals surface area (Å²) in [6, 6.07) is 19.1. The molecule has 0 aliphatic carbocycles. The van der Waals surface area contributed by atoms with E-state index in [9.17, 15) is 14.9 Å². The molecule has 1 fully saturated rings. The molecule has 160 valence electrons. The number of aromatic nitrogens is 3. The first-order valence-corrected chi connectivity index (χ1v) is 10.3. The molecule has 1 amide bonds. The third-order valence-corrected chi connectivity index (χ3v) is 5.65. The summed E-state index contributed by atoms with van der Waals surface area (Å²) in [6.45, 7) is 0.559. The van der Waals surface area contributed by atoms with Gasteiger partial charge in [0.15, 0.2) is 11.5 Å². The van der Waals surface area contributed by atoms with Crippen LogP contribution >= 0.6 is 0 Å². The summed E-state index contributed by atoms with van der Waals surface area (Å²) in [7, 11) is 0. The number of para-hydroxylation sites is 1. The number of nitrogens with zero attached hydrogens (tertiary/aromatic N) is 5. The Bertz CT molecular complexity index is 1300. The number of carbonyl (C=O) groups is 1. The molecule has 1 N–H and O–H groups in total. The van der Waals surface area contributed by atoms with Gasteiger partial charge in [-0.2, -0.15) is 0 Å². The van der Waals surface area contributed by atoms with Crippen molar-refractivity contribution in [2.24, 2.45) is 0 Å². The second-order valence-corrected chi connectivity index (χ2v) is 7.62. The Morgan fingerprint density at radius 2 is 1.88 bits per heavy atom. The highest BCUT2D eigenvalue weighted by Crippen LogP contribution is 2.34. The molecule has 3 heterocycles. The molecule has 4 aromatic rings. The summed E-state index contributed by atoms with van der Waals surface area (Å²) in [5.74, 6) is 0.442. The molecule has 1 atom stereocenters. The molecule has 9 nitrogen and oxygen atoms in total. The Kier molecular flexibility index (Phi) is 4.98. The van der Waals surface area contributed by atoms with Crippen molar-refractivity contribution in [3.05, 3.63) is 94.4 Å². The lowest BCUT2D eigenvalue weighted by molar-refractivity contribution is -0.383. The lowest BCUT2D eigenvalue weighted by Crippen LogP contribution is -2.31. The smallest absolute Gasteiger partial charge is 0.293 e. The number of likely N-dealkylation sites (tertiary alicyclic amines) is 1. The second kappa shape index (κ2) is 8.10.